The summed E-state index contributed by atoms with van der Waals surface area (Å²) in [6.45, 7) is 4.81. The van der Waals surface area contributed by atoms with Crippen molar-refractivity contribution in [3.63, 3.8) is 0 Å². The molecule has 3 rings (SSSR count). The minimum atomic E-state index is -0.345. The Morgan fingerprint density at radius 2 is 1.95 bits per heavy atom. The molecule has 0 amide bonds. The van der Waals surface area contributed by atoms with Gasteiger partial charge in [0.25, 0.3) is 0 Å². The van der Waals surface area contributed by atoms with Gasteiger partial charge in [-0.05, 0) is 30.8 Å². The molecule has 3 aromatic rings. The summed E-state index contributed by atoms with van der Waals surface area (Å²) in [7, 11) is 0. The van der Waals surface area contributed by atoms with Crippen molar-refractivity contribution < 1.29 is 13.2 Å². The van der Waals surface area contributed by atoms with Gasteiger partial charge in [-0.15, -0.1) is 0 Å². The van der Waals surface area contributed by atoms with Gasteiger partial charge in [0.05, 0.1) is 0 Å². The average Bonchev–Trinajstić information content (AvgIpc) is 3.12. The second-order valence-electron chi connectivity index (χ2n) is 4.96. The number of rotatable bonds is 5. The zero-order valence-electron chi connectivity index (χ0n) is 12.2. The molecule has 0 saturated heterocycles. The average molecular weight is 287 g/mol. The van der Waals surface area contributed by atoms with Crippen LogP contribution >= 0.6 is 0 Å². The summed E-state index contributed by atoms with van der Waals surface area (Å²) in [4.78, 5) is 0. The Kier molecular flexibility index (Phi) is 3.80. The molecule has 0 spiro atoms. The van der Waals surface area contributed by atoms with Gasteiger partial charge in [0.15, 0.2) is 11.4 Å². The monoisotopic (exact) mass is 287 g/mol. The SMILES string of the molecule is CCNC(c1ccc(CC)o1)c1cc2cccc(F)c2o1. The van der Waals surface area contributed by atoms with E-state index in [0.717, 1.165) is 29.9 Å². The van der Waals surface area contributed by atoms with Gasteiger partial charge < -0.3 is 14.2 Å². The van der Waals surface area contributed by atoms with Gasteiger partial charge in [-0.1, -0.05) is 26.0 Å². The van der Waals surface area contributed by atoms with Crippen LogP contribution in [0.2, 0.25) is 0 Å². The lowest BCUT2D eigenvalue weighted by molar-refractivity contribution is 0.386. The highest BCUT2D eigenvalue weighted by atomic mass is 19.1. The molecule has 0 aliphatic carbocycles. The molecule has 0 radical (unpaired) electrons. The molecule has 1 unspecified atom stereocenters. The smallest absolute Gasteiger partial charge is 0.169 e. The van der Waals surface area contributed by atoms with Gasteiger partial charge in [0.2, 0.25) is 0 Å². The van der Waals surface area contributed by atoms with Gasteiger partial charge in [-0.25, -0.2) is 4.39 Å². The summed E-state index contributed by atoms with van der Waals surface area (Å²) < 4.78 is 25.3. The van der Waals surface area contributed by atoms with Crippen LogP contribution in [-0.4, -0.2) is 6.54 Å². The summed E-state index contributed by atoms with van der Waals surface area (Å²) in [6.07, 6.45) is 0.841. The van der Waals surface area contributed by atoms with E-state index in [-0.39, 0.29) is 17.4 Å². The Balaban J connectivity index is 2.04. The number of furan rings is 2. The first-order valence-corrected chi connectivity index (χ1v) is 7.22. The molecule has 0 fully saturated rings. The second-order valence-corrected chi connectivity index (χ2v) is 4.96. The van der Waals surface area contributed by atoms with E-state index in [9.17, 15) is 4.39 Å². The summed E-state index contributed by atoms with van der Waals surface area (Å²) in [5.41, 5.74) is 0.290. The van der Waals surface area contributed by atoms with E-state index in [1.807, 2.05) is 38.1 Å². The zero-order valence-corrected chi connectivity index (χ0v) is 12.2. The highest BCUT2D eigenvalue weighted by Crippen LogP contribution is 2.30. The molecule has 3 nitrogen and oxygen atoms in total. The standard InChI is InChI=1S/C17H18FNO2/c1-3-12-8-9-14(20-12)16(19-4-2)15-10-11-6-5-7-13(18)17(11)21-15/h5-10,16,19H,3-4H2,1-2H3. The van der Waals surface area contributed by atoms with Crippen LogP contribution in [0.25, 0.3) is 11.0 Å². The number of benzene rings is 1. The van der Waals surface area contributed by atoms with Crippen LogP contribution in [-0.2, 0) is 6.42 Å². The number of fused-ring (bicyclic) bond motifs is 1. The van der Waals surface area contributed by atoms with E-state index >= 15 is 0 Å². The molecule has 2 heterocycles. The Bertz CT molecular complexity index is 744. The first kappa shape index (κ1) is 13.9. The first-order valence-electron chi connectivity index (χ1n) is 7.22. The summed E-state index contributed by atoms with van der Waals surface area (Å²) in [5.74, 6) is 2.03. The molecule has 1 aromatic carbocycles. The predicted molar refractivity (Wildman–Crippen MR) is 79.8 cm³/mol. The van der Waals surface area contributed by atoms with Crippen LogP contribution < -0.4 is 5.32 Å². The summed E-state index contributed by atoms with van der Waals surface area (Å²) >= 11 is 0. The van der Waals surface area contributed by atoms with Crippen LogP contribution in [0.1, 0.15) is 37.2 Å². The largest absolute Gasteiger partial charge is 0.464 e. The fourth-order valence-electron chi connectivity index (χ4n) is 2.47. The highest BCUT2D eigenvalue weighted by molar-refractivity contribution is 5.78. The molecule has 2 aromatic heterocycles. The predicted octanol–water partition coefficient (Wildman–Crippen LogP) is 4.43. The molecule has 0 aliphatic rings. The normalized spacial score (nSPS) is 12.9. The van der Waals surface area contributed by atoms with E-state index in [2.05, 4.69) is 5.32 Å². The molecular weight excluding hydrogens is 269 g/mol. The number of aryl methyl sites for hydroxylation is 1. The summed E-state index contributed by atoms with van der Waals surface area (Å²) in [6, 6.07) is 10.5. The Labute approximate surface area is 122 Å². The third-order valence-electron chi connectivity index (χ3n) is 3.52. The van der Waals surface area contributed by atoms with E-state index in [0.29, 0.717) is 5.76 Å². The fraction of sp³-hybridized carbons (Fsp3) is 0.294. The van der Waals surface area contributed by atoms with E-state index in [4.69, 9.17) is 8.83 Å². The number of hydrogen-bond acceptors (Lipinski definition) is 3. The van der Waals surface area contributed by atoms with E-state index in [1.165, 1.54) is 6.07 Å². The number of nitrogens with one attached hydrogen (secondary N) is 1. The Hall–Kier alpha value is -2.07. The molecule has 4 heteroatoms. The van der Waals surface area contributed by atoms with E-state index in [1.54, 1.807) is 6.07 Å². The van der Waals surface area contributed by atoms with Gasteiger partial charge in [0, 0.05) is 11.8 Å². The molecule has 0 aliphatic heterocycles. The number of halogens is 1. The fourth-order valence-corrected chi connectivity index (χ4v) is 2.47. The second kappa shape index (κ2) is 5.74. The lowest BCUT2D eigenvalue weighted by Crippen LogP contribution is -2.20. The topological polar surface area (TPSA) is 38.3 Å². The molecular formula is C17H18FNO2. The Morgan fingerprint density at radius 3 is 2.62 bits per heavy atom. The van der Waals surface area contributed by atoms with Crippen molar-refractivity contribution in [2.24, 2.45) is 0 Å². The van der Waals surface area contributed by atoms with Crippen molar-refractivity contribution in [3.8, 4) is 0 Å². The zero-order chi connectivity index (χ0) is 14.8. The maximum Gasteiger partial charge on any atom is 0.169 e. The van der Waals surface area contributed by atoms with Crippen LogP contribution in [0.15, 0.2) is 45.2 Å². The van der Waals surface area contributed by atoms with Crippen molar-refractivity contribution in [3.05, 3.63) is 59.5 Å². The van der Waals surface area contributed by atoms with Gasteiger partial charge in [-0.2, -0.15) is 0 Å². The number of para-hydroxylation sites is 1. The lowest BCUT2D eigenvalue weighted by Gasteiger charge is -2.12. The van der Waals surface area contributed by atoms with Gasteiger partial charge in [0.1, 0.15) is 23.3 Å². The lowest BCUT2D eigenvalue weighted by atomic mass is 10.1. The molecule has 21 heavy (non-hydrogen) atoms. The van der Waals surface area contributed by atoms with Crippen molar-refractivity contribution in [1.82, 2.24) is 5.32 Å². The molecule has 0 saturated carbocycles. The van der Waals surface area contributed by atoms with Crippen LogP contribution in [0.3, 0.4) is 0 Å². The van der Waals surface area contributed by atoms with Crippen molar-refractivity contribution in [2.75, 3.05) is 6.54 Å². The van der Waals surface area contributed by atoms with Crippen LogP contribution in [0.4, 0.5) is 4.39 Å². The van der Waals surface area contributed by atoms with Gasteiger partial charge >= 0.3 is 0 Å². The molecule has 1 atom stereocenters. The van der Waals surface area contributed by atoms with Crippen molar-refractivity contribution in [1.29, 1.82) is 0 Å². The maximum absolute atomic E-state index is 13.8. The molecule has 0 bridgehead atoms. The van der Waals surface area contributed by atoms with Crippen molar-refractivity contribution >= 4 is 11.0 Å². The van der Waals surface area contributed by atoms with Crippen molar-refractivity contribution in [2.45, 2.75) is 26.3 Å². The molecule has 110 valence electrons. The Morgan fingerprint density at radius 1 is 1.10 bits per heavy atom. The third kappa shape index (κ3) is 2.59. The highest BCUT2D eigenvalue weighted by Gasteiger charge is 2.21. The van der Waals surface area contributed by atoms with E-state index < -0.39 is 0 Å². The molecule has 1 N–H and O–H groups in total. The first-order chi connectivity index (χ1) is 10.2. The minimum Gasteiger partial charge on any atom is -0.464 e. The third-order valence-corrected chi connectivity index (χ3v) is 3.52. The maximum atomic E-state index is 13.8. The van der Waals surface area contributed by atoms with Gasteiger partial charge in [-0.3, -0.25) is 0 Å². The quantitative estimate of drug-likeness (QED) is 0.754. The minimum absolute atomic E-state index is 0.206. The summed E-state index contributed by atoms with van der Waals surface area (Å²) in [5, 5.41) is 4.08. The van der Waals surface area contributed by atoms with Crippen LogP contribution in [0, 0.1) is 5.82 Å². The number of hydrogen-bond donors (Lipinski definition) is 1. The van der Waals surface area contributed by atoms with Crippen LogP contribution in [0.5, 0.6) is 0 Å².